The van der Waals surface area contributed by atoms with Gasteiger partial charge in [0.25, 0.3) is 0 Å². The van der Waals surface area contributed by atoms with Crippen LogP contribution in [0.2, 0.25) is 5.02 Å². The molecule has 2 aromatic rings. The molecule has 0 aromatic heterocycles. The Morgan fingerprint density at radius 2 is 1.89 bits per heavy atom. The van der Waals surface area contributed by atoms with Crippen LogP contribution in [-0.2, 0) is 19.4 Å². The molecule has 0 bridgehead atoms. The third-order valence-electron chi connectivity index (χ3n) is 5.72. The van der Waals surface area contributed by atoms with Gasteiger partial charge in [-0.3, -0.25) is 0 Å². The minimum absolute atomic E-state index is 0.0423. The van der Waals surface area contributed by atoms with Gasteiger partial charge in [-0.2, -0.15) is 0 Å². The molecule has 3 nitrogen and oxygen atoms in total. The first-order valence-electron chi connectivity index (χ1n) is 9.42. The molecule has 150 valence electrons. The van der Waals surface area contributed by atoms with Crippen LogP contribution in [-0.4, -0.2) is 14.2 Å². The number of hydrogen-bond acceptors (Lipinski definition) is 3. The van der Waals surface area contributed by atoms with E-state index in [1.807, 2.05) is 6.92 Å². The van der Waals surface area contributed by atoms with Gasteiger partial charge < -0.3 is 4.79 Å². The van der Waals surface area contributed by atoms with Crippen molar-refractivity contribution in [2.75, 3.05) is 0 Å². The van der Waals surface area contributed by atoms with Gasteiger partial charge in [0.1, 0.15) is 16.3 Å². The summed E-state index contributed by atoms with van der Waals surface area (Å²) in [6, 6.07) is 10.4. The van der Waals surface area contributed by atoms with E-state index < -0.39 is 20.4 Å². The highest BCUT2D eigenvalue weighted by atomic mass is 35.5. The summed E-state index contributed by atoms with van der Waals surface area (Å²) < 4.78 is 40.6. The van der Waals surface area contributed by atoms with Gasteiger partial charge in [-0.15, -0.1) is 0 Å². The second kappa shape index (κ2) is 7.96. The van der Waals surface area contributed by atoms with Crippen molar-refractivity contribution in [3.63, 3.8) is 0 Å². The van der Waals surface area contributed by atoms with E-state index in [9.17, 15) is 17.6 Å². The van der Waals surface area contributed by atoms with E-state index in [1.54, 1.807) is 18.2 Å². The Kier molecular flexibility index (Phi) is 5.97. The summed E-state index contributed by atoms with van der Waals surface area (Å²) in [5, 5.41) is 0.452. The summed E-state index contributed by atoms with van der Waals surface area (Å²) in [5.74, 6) is -0.461. The first kappa shape index (κ1) is 21.0. The Hall–Kier alpha value is -1.72. The zero-order valence-electron chi connectivity index (χ0n) is 16.0. The van der Waals surface area contributed by atoms with Crippen molar-refractivity contribution in [2.45, 2.75) is 55.6 Å². The minimum Gasteiger partial charge on any atom is -0.300 e. The Balaban J connectivity index is 2.21. The van der Waals surface area contributed by atoms with E-state index in [4.69, 9.17) is 11.6 Å². The Labute approximate surface area is 170 Å². The molecule has 0 spiro atoms. The molecule has 6 heteroatoms. The lowest BCUT2D eigenvalue weighted by Crippen LogP contribution is -2.41. The van der Waals surface area contributed by atoms with Crippen LogP contribution < -0.4 is 0 Å². The number of sulfone groups is 1. The Morgan fingerprint density at radius 3 is 2.54 bits per heavy atom. The maximum absolute atomic E-state index is 14.2. The predicted octanol–water partition coefficient (Wildman–Crippen LogP) is 5.63. The fourth-order valence-electron chi connectivity index (χ4n) is 4.49. The normalized spacial score (nSPS) is 22.8. The van der Waals surface area contributed by atoms with Crippen LogP contribution in [0.3, 0.4) is 0 Å². The zero-order chi connectivity index (χ0) is 20.5. The van der Waals surface area contributed by atoms with E-state index in [1.165, 1.54) is 31.2 Å². The molecule has 0 heterocycles. The van der Waals surface area contributed by atoms with Crippen LogP contribution in [0.5, 0.6) is 0 Å². The summed E-state index contributed by atoms with van der Waals surface area (Å²) in [7, 11) is -3.84. The van der Waals surface area contributed by atoms with E-state index >= 15 is 0 Å². The average Bonchev–Trinajstić information content (AvgIpc) is 2.63. The summed E-state index contributed by atoms with van der Waals surface area (Å²) in [6.07, 6.45) is 2.51. The molecule has 0 aliphatic heterocycles. The standard InChI is InChI=1S/C22H24ClFO3S/c1-15-5-8-19(24)13-21(15)22(11-3-4-17(14-22)12-16(2)25)28(26,27)20-9-6-18(23)7-10-20/h5-10,13,17H,3-4,11-12,14H2,1-2H3/t17-,22-/m0/s1. The smallest absolute Gasteiger partial charge is 0.188 e. The highest BCUT2D eigenvalue weighted by Crippen LogP contribution is 2.50. The van der Waals surface area contributed by atoms with Gasteiger partial charge in [0.15, 0.2) is 9.84 Å². The number of hydrogen-bond donors (Lipinski definition) is 0. The summed E-state index contributed by atoms with van der Waals surface area (Å²) in [4.78, 5) is 11.9. The fraction of sp³-hybridized carbons (Fsp3) is 0.409. The minimum atomic E-state index is -3.84. The van der Waals surface area contributed by atoms with Crippen molar-refractivity contribution >= 4 is 27.2 Å². The van der Waals surface area contributed by atoms with Crippen molar-refractivity contribution in [1.29, 1.82) is 0 Å². The van der Waals surface area contributed by atoms with Gasteiger partial charge in [0.2, 0.25) is 0 Å². The first-order chi connectivity index (χ1) is 13.2. The Morgan fingerprint density at radius 1 is 1.21 bits per heavy atom. The van der Waals surface area contributed by atoms with Crippen LogP contribution >= 0.6 is 11.6 Å². The first-order valence-corrected chi connectivity index (χ1v) is 11.3. The van der Waals surface area contributed by atoms with Crippen molar-refractivity contribution in [3.8, 4) is 0 Å². The highest BCUT2D eigenvalue weighted by molar-refractivity contribution is 7.92. The van der Waals surface area contributed by atoms with Gasteiger partial charge in [-0.05, 0) is 86.6 Å². The number of benzene rings is 2. The topological polar surface area (TPSA) is 51.2 Å². The number of aryl methyl sites for hydroxylation is 1. The van der Waals surface area contributed by atoms with E-state index in [2.05, 4.69) is 0 Å². The summed E-state index contributed by atoms with van der Waals surface area (Å²) in [6.45, 7) is 3.33. The number of ketones is 1. The molecular formula is C22H24ClFO3S. The molecule has 0 N–H and O–H groups in total. The van der Waals surface area contributed by atoms with Crippen LogP contribution in [0.4, 0.5) is 4.39 Å². The molecule has 0 unspecified atom stereocenters. The number of rotatable bonds is 5. The van der Waals surface area contributed by atoms with Crippen molar-refractivity contribution in [3.05, 3.63) is 64.4 Å². The third-order valence-corrected chi connectivity index (χ3v) is 8.48. The lowest BCUT2D eigenvalue weighted by molar-refractivity contribution is -0.118. The van der Waals surface area contributed by atoms with Gasteiger partial charge in [-0.25, -0.2) is 12.8 Å². The molecule has 1 saturated carbocycles. The lowest BCUT2D eigenvalue weighted by atomic mass is 9.74. The molecule has 2 aromatic carbocycles. The van der Waals surface area contributed by atoms with Crippen molar-refractivity contribution < 1.29 is 17.6 Å². The number of carbonyl (C=O) groups excluding carboxylic acids is 1. The van der Waals surface area contributed by atoms with Gasteiger partial charge in [0.05, 0.1) is 4.90 Å². The summed E-state index contributed by atoms with van der Waals surface area (Å²) >= 11 is 5.94. The third kappa shape index (κ3) is 3.87. The number of halogens is 2. The quantitative estimate of drug-likeness (QED) is 0.627. The SMILES string of the molecule is CC(=O)C[C@@H]1CCC[C@](c2cc(F)ccc2C)(S(=O)(=O)c2ccc(Cl)cc2)C1. The van der Waals surface area contributed by atoms with Crippen LogP contribution in [0.1, 0.15) is 50.2 Å². The molecule has 2 atom stereocenters. The molecule has 1 aliphatic carbocycles. The van der Waals surface area contributed by atoms with Gasteiger partial charge in [0, 0.05) is 11.4 Å². The Bertz CT molecular complexity index is 985. The maximum Gasteiger partial charge on any atom is 0.188 e. The van der Waals surface area contributed by atoms with E-state index in [0.29, 0.717) is 36.3 Å². The van der Waals surface area contributed by atoms with Crippen LogP contribution in [0.15, 0.2) is 47.4 Å². The zero-order valence-corrected chi connectivity index (χ0v) is 17.6. The highest BCUT2D eigenvalue weighted by Gasteiger charge is 2.50. The van der Waals surface area contributed by atoms with Crippen LogP contribution in [0, 0.1) is 18.7 Å². The monoisotopic (exact) mass is 422 g/mol. The molecule has 1 aliphatic rings. The van der Waals surface area contributed by atoms with Crippen molar-refractivity contribution in [1.82, 2.24) is 0 Å². The molecule has 3 rings (SSSR count). The predicted molar refractivity (Wildman–Crippen MR) is 109 cm³/mol. The number of Topliss-reactive ketones (excluding diaryl/α,β-unsaturated/α-hetero) is 1. The largest absolute Gasteiger partial charge is 0.300 e. The van der Waals surface area contributed by atoms with Gasteiger partial charge >= 0.3 is 0 Å². The van der Waals surface area contributed by atoms with Crippen LogP contribution in [0.25, 0.3) is 0 Å². The molecule has 28 heavy (non-hydrogen) atoms. The maximum atomic E-state index is 14.2. The van der Waals surface area contributed by atoms with E-state index in [-0.39, 0.29) is 16.6 Å². The van der Waals surface area contributed by atoms with Gasteiger partial charge in [-0.1, -0.05) is 24.1 Å². The summed E-state index contributed by atoms with van der Waals surface area (Å²) in [5.41, 5.74) is 1.23. The fourth-order valence-corrected chi connectivity index (χ4v) is 6.93. The second-order valence-corrected chi connectivity index (χ2v) is 10.5. The van der Waals surface area contributed by atoms with E-state index in [0.717, 1.165) is 12.0 Å². The molecule has 1 fully saturated rings. The second-order valence-electron chi connectivity index (χ2n) is 7.78. The van der Waals surface area contributed by atoms with Crippen molar-refractivity contribution in [2.24, 2.45) is 5.92 Å². The molecule has 0 saturated heterocycles. The average molecular weight is 423 g/mol. The molecular weight excluding hydrogens is 399 g/mol. The number of carbonyl (C=O) groups is 1. The lowest BCUT2D eigenvalue weighted by Gasteiger charge is -2.41. The molecule has 0 amide bonds. The molecule has 0 radical (unpaired) electrons.